The number of aromatic hydroxyl groups is 2. The summed E-state index contributed by atoms with van der Waals surface area (Å²) in [6.07, 6.45) is -2.29. The Morgan fingerprint density at radius 3 is 1.69 bits per heavy atom. The largest absolute Gasteiger partial charge is 0.508 e. The van der Waals surface area contributed by atoms with E-state index in [1.807, 2.05) is 0 Å². The molecule has 0 fully saturated rings. The van der Waals surface area contributed by atoms with Crippen molar-refractivity contribution in [1.29, 1.82) is 0 Å². The highest BCUT2D eigenvalue weighted by atomic mass is 16.4. The maximum atomic E-state index is 10.9. The van der Waals surface area contributed by atoms with Crippen molar-refractivity contribution in [2.75, 3.05) is 6.61 Å². The molecule has 12 heteroatoms. The molecule has 0 radical (unpaired) electrons. The second-order valence-electron chi connectivity index (χ2n) is 4.76. The van der Waals surface area contributed by atoms with Crippen molar-refractivity contribution >= 4 is 23.7 Å². The average Bonchev–Trinajstić information content (AvgIpc) is 2.45. The van der Waals surface area contributed by atoms with Crippen molar-refractivity contribution in [3.8, 4) is 11.5 Å². The molecule has 0 spiro atoms. The molecular weight excluding hydrogens is 358 g/mol. The number of hydrogen-bond acceptors (Lipinski definition) is 9. The van der Waals surface area contributed by atoms with Gasteiger partial charge >= 0.3 is 17.9 Å². The molecule has 1 aromatic rings. The molecule has 0 saturated carbocycles. The molecule has 10 N–H and O–H groups in total. The number of phenolic OH excluding ortho intramolecular Hbond substituents is 2. The smallest absolute Gasteiger partial charge is 0.336 e. The Bertz CT molecular complexity index is 655. The quantitative estimate of drug-likeness (QED) is 0.272. The highest BCUT2D eigenvalue weighted by molar-refractivity contribution is 5.99. The number of carbonyl (C=O) groups is 4. The fourth-order valence-corrected chi connectivity index (χ4v) is 1.56. The molecule has 0 aromatic heterocycles. The van der Waals surface area contributed by atoms with Crippen LogP contribution in [0.15, 0.2) is 18.2 Å². The number of aliphatic hydroxyl groups is 2. The second-order valence-corrected chi connectivity index (χ2v) is 4.76. The molecular formula is C14H19NO11. The summed E-state index contributed by atoms with van der Waals surface area (Å²) >= 11 is 0. The SMILES string of the molecule is N.O=C(CO)c1ccc(O)cc1O.O=C(O)CC(O)(CC(=O)O)C(=O)O. The Morgan fingerprint density at radius 1 is 0.923 bits per heavy atom. The zero-order chi connectivity index (χ0) is 19.8. The normalized spacial score (nSPS) is 9.92. The lowest BCUT2D eigenvalue weighted by atomic mass is 9.96. The molecule has 26 heavy (non-hydrogen) atoms. The Hall–Kier alpha value is -3.22. The highest BCUT2D eigenvalue weighted by Crippen LogP contribution is 2.22. The second kappa shape index (κ2) is 10.6. The topological polar surface area (TPSA) is 245 Å². The van der Waals surface area contributed by atoms with Gasteiger partial charge < -0.3 is 41.9 Å². The summed E-state index contributed by atoms with van der Waals surface area (Å²) in [5.41, 5.74) is -2.73. The third kappa shape index (κ3) is 8.05. The zero-order valence-corrected chi connectivity index (χ0v) is 13.3. The maximum Gasteiger partial charge on any atom is 0.336 e. The van der Waals surface area contributed by atoms with E-state index in [2.05, 4.69) is 0 Å². The third-order valence-corrected chi connectivity index (χ3v) is 2.71. The first-order valence-electron chi connectivity index (χ1n) is 6.48. The molecule has 12 nitrogen and oxygen atoms in total. The van der Waals surface area contributed by atoms with Gasteiger partial charge in [-0.2, -0.15) is 0 Å². The van der Waals surface area contributed by atoms with E-state index in [4.69, 9.17) is 35.7 Å². The Balaban J connectivity index is 0. The van der Waals surface area contributed by atoms with Gasteiger partial charge in [-0.1, -0.05) is 0 Å². The lowest BCUT2D eigenvalue weighted by Crippen LogP contribution is -2.42. The molecule has 0 aliphatic heterocycles. The Morgan fingerprint density at radius 2 is 1.38 bits per heavy atom. The molecule has 0 bridgehead atoms. The standard InChI is InChI=1S/C8H8O4.C6H8O7.H3N/c9-4-8(12)6-2-1-5(10)3-7(6)11;7-3(8)1-6(13,5(11)12)2-4(9)10;/h1-3,9-11H,4H2;13H,1-2H2,(H,7,8)(H,9,10)(H,11,12);1H3. The van der Waals surface area contributed by atoms with Crippen LogP contribution < -0.4 is 6.15 Å². The molecule has 1 aromatic carbocycles. The number of carboxylic acids is 3. The fraction of sp³-hybridized carbons (Fsp3) is 0.286. The Labute approximate surface area is 146 Å². The number of Topliss-reactive ketones (excluding diaryl/α,β-unsaturated/α-hetero) is 1. The lowest BCUT2D eigenvalue weighted by molar-refractivity contribution is -0.170. The Kier molecular flexibility index (Phi) is 10.2. The van der Waals surface area contributed by atoms with Gasteiger partial charge in [0.1, 0.15) is 18.1 Å². The van der Waals surface area contributed by atoms with Gasteiger partial charge in [-0.25, -0.2) is 4.79 Å². The van der Waals surface area contributed by atoms with Crippen molar-refractivity contribution in [3.63, 3.8) is 0 Å². The van der Waals surface area contributed by atoms with Gasteiger partial charge in [0.2, 0.25) is 0 Å². The monoisotopic (exact) mass is 377 g/mol. The van der Waals surface area contributed by atoms with Gasteiger partial charge in [0.15, 0.2) is 11.4 Å². The molecule has 146 valence electrons. The van der Waals surface area contributed by atoms with Crippen LogP contribution in [-0.4, -0.2) is 71.6 Å². The predicted octanol–water partition coefficient (Wildman–Crippen LogP) is -0.814. The van der Waals surface area contributed by atoms with E-state index in [9.17, 15) is 19.2 Å². The van der Waals surface area contributed by atoms with E-state index in [-0.39, 0.29) is 23.2 Å². The minimum absolute atomic E-state index is 0. The van der Waals surface area contributed by atoms with Gasteiger partial charge in [-0.3, -0.25) is 14.4 Å². The van der Waals surface area contributed by atoms with Crippen molar-refractivity contribution in [1.82, 2.24) is 6.15 Å². The van der Waals surface area contributed by atoms with Crippen LogP contribution in [0.5, 0.6) is 11.5 Å². The van der Waals surface area contributed by atoms with E-state index in [0.29, 0.717) is 0 Å². The fourth-order valence-electron chi connectivity index (χ4n) is 1.56. The van der Waals surface area contributed by atoms with Gasteiger partial charge in [-0.15, -0.1) is 0 Å². The summed E-state index contributed by atoms with van der Waals surface area (Å²) in [5, 5.41) is 60.2. The minimum Gasteiger partial charge on any atom is -0.508 e. The molecule has 0 aliphatic carbocycles. The van der Waals surface area contributed by atoms with Crippen molar-refractivity contribution in [2.45, 2.75) is 18.4 Å². The molecule has 1 rings (SSSR count). The van der Waals surface area contributed by atoms with Crippen LogP contribution in [0, 0.1) is 0 Å². The molecule has 0 aliphatic rings. The van der Waals surface area contributed by atoms with E-state index in [1.54, 1.807) is 0 Å². The number of ketones is 1. The van der Waals surface area contributed by atoms with E-state index in [0.717, 1.165) is 6.07 Å². The van der Waals surface area contributed by atoms with E-state index in [1.165, 1.54) is 12.1 Å². The van der Waals surface area contributed by atoms with Gasteiger partial charge in [0.25, 0.3) is 0 Å². The summed E-state index contributed by atoms with van der Waals surface area (Å²) in [4.78, 5) is 41.3. The zero-order valence-electron chi connectivity index (χ0n) is 13.3. The molecule has 0 amide bonds. The van der Waals surface area contributed by atoms with E-state index >= 15 is 0 Å². The first-order valence-corrected chi connectivity index (χ1v) is 6.48. The summed E-state index contributed by atoms with van der Waals surface area (Å²) < 4.78 is 0. The third-order valence-electron chi connectivity index (χ3n) is 2.71. The molecule has 0 saturated heterocycles. The van der Waals surface area contributed by atoms with Crippen LogP contribution in [0.3, 0.4) is 0 Å². The first-order chi connectivity index (χ1) is 11.4. The molecule has 0 atom stereocenters. The summed E-state index contributed by atoms with van der Waals surface area (Å²) in [6.45, 7) is -0.654. The number of carbonyl (C=O) groups excluding carboxylic acids is 1. The summed E-state index contributed by atoms with van der Waals surface area (Å²) in [7, 11) is 0. The average molecular weight is 377 g/mol. The molecule has 0 heterocycles. The molecule has 0 unspecified atom stereocenters. The number of carboxylic acid groups (broad SMARTS) is 3. The number of aliphatic hydroxyl groups excluding tert-OH is 1. The maximum absolute atomic E-state index is 10.9. The van der Waals surface area contributed by atoms with Gasteiger partial charge in [0.05, 0.1) is 18.4 Å². The van der Waals surface area contributed by atoms with Crippen molar-refractivity contribution < 1.29 is 54.9 Å². The van der Waals surface area contributed by atoms with Crippen molar-refractivity contribution in [2.24, 2.45) is 0 Å². The first kappa shape index (κ1) is 25.0. The lowest BCUT2D eigenvalue weighted by Gasteiger charge is -2.18. The van der Waals surface area contributed by atoms with Crippen LogP contribution in [0.1, 0.15) is 23.2 Å². The van der Waals surface area contributed by atoms with Crippen LogP contribution in [-0.2, 0) is 14.4 Å². The van der Waals surface area contributed by atoms with Crippen LogP contribution in [0.25, 0.3) is 0 Å². The van der Waals surface area contributed by atoms with Crippen molar-refractivity contribution in [3.05, 3.63) is 23.8 Å². The number of aliphatic carboxylic acids is 3. The van der Waals surface area contributed by atoms with Crippen LogP contribution in [0.2, 0.25) is 0 Å². The number of hydrogen-bond donors (Lipinski definition) is 8. The summed E-state index contributed by atoms with van der Waals surface area (Å²) in [6, 6.07) is 3.56. The van der Waals surface area contributed by atoms with Crippen LogP contribution >= 0.6 is 0 Å². The minimum atomic E-state index is -2.74. The number of phenols is 2. The number of benzene rings is 1. The summed E-state index contributed by atoms with van der Waals surface area (Å²) in [5.74, 6) is -6.04. The van der Waals surface area contributed by atoms with Gasteiger partial charge in [-0.05, 0) is 12.1 Å². The van der Waals surface area contributed by atoms with Crippen LogP contribution in [0.4, 0.5) is 0 Å². The van der Waals surface area contributed by atoms with E-state index < -0.39 is 48.7 Å². The van der Waals surface area contributed by atoms with Gasteiger partial charge in [0, 0.05) is 6.07 Å². The number of rotatable bonds is 7. The highest BCUT2D eigenvalue weighted by Gasteiger charge is 2.40. The predicted molar refractivity (Wildman–Crippen MR) is 83.3 cm³/mol.